The smallest absolute Gasteiger partial charge is 0.337 e. The first-order chi connectivity index (χ1) is 7.58. The summed E-state index contributed by atoms with van der Waals surface area (Å²) in [6.07, 6.45) is 0. The number of aromatic carboxylic acids is 1. The molecule has 0 saturated carbocycles. The van der Waals surface area contributed by atoms with Crippen LogP contribution in [0.4, 0.5) is 0 Å². The summed E-state index contributed by atoms with van der Waals surface area (Å²) < 4.78 is 0.691. The first-order valence-corrected chi connectivity index (χ1v) is 5.79. The van der Waals surface area contributed by atoms with E-state index in [1.807, 2.05) is 11.4 Å². The Kier molecular flexibility index (Phi) is 2.94. The van der Waals surface area contributed by atoms with Crippen molar-refractivity contribution in [2.75, 3.05) is 0 Å². The molecular weight excluding hydrogens is 246 g/mol. The maximum absolute atomic E-state index is 10.8. The summed E-state index contributed by atoms with van der Waals surface area (Å²) in [5.74, 6) is -0.958. The van der Waals surface area contributed by atoms with Gasteiger partial charge in [0.15, 0.2) is 0 Å². The third-order valence-electron chi connectivity index (χ3n) is 2.18. The summed E-state index contributed by atoms with van der Waals surface area (Å²) in [6, 6.07) is 5.06. The molecule has 2 aromatic rings. The van der Waals surface area contributed by atoms with Gasteiger partial charge in [-0.05, 0) is 25.1 Å². The van der Waals surface area contributed by atoms with Gasteiger partial charge in [0, 0.05) is 10.9 Å². The van der Waals surface area contributed by atoms with Crippen LogP contribution in [0.2, 0.25) is 4.34 Å². The highest BCUT2D eigenvalue weighted by atomic mass is 35.5. The quantitative estimate of drug-likeness (QED) is 0.892. The van der Waals surface area contributed by atoms with Gasteiger partial charge in [-0.2, -0.15) is 0 Å². The van der Waals surface area contributed by atoms with Crippen molar-refractivity contribution >= 4 is 28.9 Å². The third kappa shape index (κ3) is 2.08. The van der Waals surface area contributed by atoms with Gasteiger partial charge in [-0.3, -0.25) is 4.98 Å². The molecule has 0 aromatic carbocycles. The molecule has 0 aliphatic heterocycles. The van der Waals surface area contributed by atoms with Gasteiger partial charge in [0.05, 0.1) is 21.3 Å². The van der Waals surface area contributed by atoms with E-state index in [9.17, 15) is 4.79 Å². The molecule has 0 saturated heterocycles. The van der Waals surface area contributed by atoms with Gasteiger partial charge in [0.2, 0.25) is 0 Å². The van der Waals surface area contributed by atoms with Gasteiger partial charge in [-0.1, -0.05) is 11.6 Å². The molecule has 0 aliphatic rings. The highest BCUT2D eigenvalue weighted by Crippen LogP contribution is 2.27. The number of aryl methyl sites for hydroxylation is 1. The first kappa shape index (κ1) is 11.1. The molecule has 82 valence electrons. The number of carbonyl (C=O) groups is 1. The molecule has 16 heavy (non-hydrogen) atoms. The van der Waals surface area contributed by atoms with Crippen molar-refractivity contribution in [2.24, 2.45) is 0 Å². The minimum absolute atomic E-state index is 0.227. The van der Waals surface area contributed by atoms with E-state index in [0.29, 0.717) is 10.0 Å². The van der Waals surface area contributed by atoms with E-state index >= 15 is 0 Å². The Labute approximate surface area is 101 Å². The highest BCUT2D eigenvalue weighted by Gasteiger charge is 2.10. The fraction of sp³-hybridized carbons (Fsp3) is 0.0909. The van der Waals surface area contributed by atoms with E-state index in [4.69, 9.17) is 16.7 Å². The zero-order chi connectivity index (χ0) is 11.7. The predicted molar refractivity (Wildman–Crippen MR) is 64.3 cm³/mol. The van der Waals surface area contributed by atoms with Crippen molar-refractivity contribution in [3.05, 3.63) is 39.2 Å². The van der Waals surface area contributed by atoms with Crippen molar-refractivity contribution in [2.45, 2.75) is 6.92 Å². The maximum Gasteiger partial charge on any atom is 0.337 e. The SMILES string of the molecule is Cc1nc(-c2csc(Cl)c2)ccc1C(=O)O. The Balaban J connectivity index is 2.45. The molecule has 0 aliphatic carbocycles. The average Bonchev–Trinajstić information content (AvgIpc) is 2.64. The molecule has 0 unspecified atom stereocenters. The molecule has 0 bridgehead atoms. The van der Waals surface area contributed by atoms with E-state index in [-0.39, 0.29) is 5.56 Å². The molecule has 0 amide bonds. The van der Waals surface area contributed by atoms with Crippen LogP contribution in [0.1, 0.15) is 16.1 Å². The molecule has 3 nitrogen and oxygen atoms in total. The lowest BCUT2D eigenvalue weighted by Crippen LogP contribution is -2.01. The number of thiophene rings is 1. The molecule has 2 aromatic heterocycles. The number of hydrogen-bond acceptors (Lipinski definition) is 3. The van der Waals surface area contributed by atoms with Crippen LogP contribution in [-0.2, 0) is 0 Å². The van der Waals surface area contributed by atoms with Gasteiger partial charge in [-0.15, -0.1) is 11.3 Å². The number of nitrogens with zero attached hydrogens (tertiary/aromatic N) is 1. The molecular formula is C11H8ClNO2S. The molecule has 0 fully saturated rings. The second-order valence-electron chi connectivity index (χ2n) is 3.27. The van der Waals surface area contributed by atoms with E-state index in [1.165, 1.54) is 11.3 Å². The molecule has 2 rings (SSSR count). The largest absolute Gasteiger partial charge is 0.478 e. The predicted octanol–water partition coefficient (Wildman–Crippen LogP) is 3.47. The standard InChI is InChI=1S/C11H8ClNO2S/c1-6-8(11(14)15)2-3-9(13-6)7-4-10(12)16-5-7/h2-5H,1H3,(H,14,15). The zero-order valence-corrected chi connectivity index (χ0v) is 9.97. The average molecular weight is 254 g/mol. The number of carboxylic acids is 1. The Morgan fingerprint density at radius 1 is 1.50 bits per heavy atom. The number of hydrogen-bond donors (Lipinski definition) is 1. The lowest BCUT2D eigenvalue weighted by molar-refractivity contribution is 0.0695. The molecule has 1 N–H and O–H groups in total. The maximum atomic E-state index is 10.8. The van der Waals surface area contributed by atoms with Crippen molar-refractivity contribution in [1.82, 2.24) is 4.98 Å². The van der Waals surface area contributed by atoms with Gasteiger partial charge < -0.3 is 5.11 Å². The van der Waals surface area contributed by atoms with E-state index in [0.717, 1.165) is 11.3 Å². The number of aromatic nitrogens is 1. The summed E-state index contributed by atoms with van der Waals surface area (Å²) in [7, 11) is 0. The van der Waals surface area contributed by atoms with Crippen LogP contribution in [0.3, 0.4) is 0 Å². The second-order valence-corrected chi connectivity index (χ2v) is 4.82. The highest BCUT2D eigenvalue weighted by molar-refractivity contribution is 7.14. The molecule has 5 heteroatoms. The minimum atomic E-state index is -0.958. The van der Waals surface area contributed by atoms with E-state index < -0.39 is 5.97 Å². The summed E-state index contributed by atoms with van der Waals surface area (Å²) in [6.45, 7) is 1.68. The Morgan fingerprint density at radius 2 is 2.25 bits per heavy atom. The number of rotatable bonds is 2. The minimum Gasteiger partial charge on any atom is -0.478 e. The lowest BCUT2D eigenvalue weighted by Gasteiger charge is -2.02. The molecule has 0 radical (unpaired) electrons. The Morgan fingerprint density at radius 3 is 2.75 bits per heavy atom. The van der Waals surface area contributed by atoms with Gasteiger partial charge in [0.25, 0.3) is 0 Å². The van der Waals surface area contributed by atoms with Crippen LogP contribution in [0.5, 0.6) is 0 Å². The van der Waals surface area contributed by atoms with Crippen LogP contribution in [0.25, 0.3) is 11.3 Å². The first-order valence-electron chi connectivity index (χ1n) is 4.53. The molecule has 0 atom stereocenters. The third-order valence-corrected chi connectivity index (χ3v) is 3.27. The summed E-state index contributed by atoms with van der Waals surface area (Å²) >= 11 is 7.25. The summed E-state index contributed by atoms with van der Waals surface area (Å²) in [4.78, 5) is 15.1. The van der Waals surface area contributed by atoms with Gasteiger partial charge in [0.1, 0.15) is 0 Å². The summed E-state index contributed by atoms with van der Waals surface area (Å²) in [5.41, 5.74) is 2.39. The van der Waals surface area contributed by atoms with Crippen molar-refractivity contribution in [3.8, 4) is 11.3 Å². The van der Waals surface area contributed by atoms with Gasteiger partial charge >= 0.3 is 5.97 Å². The summed E-state index contributed by atoms with van der Waals surface area (Å²) in [5, 5.41) is 10.8. The lowest BCUT2D eigenvalue weighted by atomic mass is 10.1. The van der Waals surface area contributed by atoms with Crippen LogP contribution >= 0.6 is 22.9 Å². The molecule has 2 heterocycles. The van der Waals surface area contributed by atoms with Crippen molar-refractivity contribution < 1.29 is 9.90 Å². The fourth-order valence-corrected chi connectivity index (χ4v) is 2.27. The van der Waals surface area contributed by atoms with Crippen molar-refractivity contribution in [3.63, 3.8) is 0 Å². The second kappa shape index (κ2) is 4.23. The van der Waals surface area contributed by atoms with Crippen LogP contribution in [0.15, 0.2) is 23.6 Å². The van der Waals surface area contributed by atoms with Crippen LogP contribution < -0.4 is 0 Å². The number of carboxylic acid groups (broad SMARTS) is 1. The van der Waals surface area contributed by atoms with Crippen LogP contribution in [0, 0.1) is 6.92 Å². The normalized spacial score (nSPS) is 10.4. The monoisotopic (exact) mass is 253 g/mol. The van der Waals surface area contributed by atoms with E-state index in [1.54, 1.807) is 19.1 Å². The van der Waals surface area contributed by atoms with Gasteiger partial charge in [-0.25, -0.2) is 4.79 Å². The Bertz CT molecular complexity index is 551. The fourth-order valence-electron chi connectivity index (χ4n) is 1.39. The number of pyridine rings is 1. The molecule has 0 spiro atoms. The topological polar surface area (TPSA) is 50.2 Å². The van der Waals surface area contributed by atoms with Crippen LogP contribution in [-0.4, -0.2) is 16.1 Å². The zero-order valence-electron chi connectivity index (χ0n) is 8.40. The number of halogens is 1. The van der Waals surface area contributed by atoms with Crippen molar-refractivity contribution in [1.29, 1.82) is 0 Å². The Hall–Kier alpha value is -1.39. The van der Waals surface area contributed by atoms with E-state index in [2.05, 4.69) is 4.98 Å².